The molecule has 2 heterocycles. The molecule has 2 aromatic rings. The van der Waals surface area contributed by atoms with Crippen molar-refractivity contribution >= 4 is 16.8 Å². The lowest BCUT2D eigenvalue weighted by Gasteiger charge is -2.09. The highest BCUT2D eigenvalue weighted by Crippen LogP contribution is 2.31. The number of hydrogen-bond donors (Lipinski definition) is 0. The summed E-state index contributed by atoms with van der Waals surface area (Å²) in [5, 5.41) is 0.832. The smallest absolute Gasteiger partial charge is 0.164 e. The molecule has 0 saturated carbocycles. The summed E-state index contributed by atoms with van der Waals surface area (Å²) in [5.74, 6) is 1.47. The molecule has 0 radical (unpaired) electrons. The maximum Gasteiger partial charge on any atom is 0.164 e. The third-order valence-corrected chi connectivity index (χ3v) is 3.24. The van der Waals surface area contributed by atoms with Crippen LogP contribution in [0.2, 0.25) is 0 Å². The van der Waals surface area contributed by atoms with Crippen LogP contribution in [-0.4, -0.2) is 25.1 Å². The van der Waals surface area contributed by atoms with Crippen LogP contribution in [0, 0.1) is 0 Å². The molecule has 1 aliphatic rings. The lowest BCUT2D eigenvalue weighted by Crippen LogP contribution is -2.07. The van der Waals surface area contributed by atoms with Gasteiger partial charge in [0.2, 0.25) is 0 Å². The number of fused-ring (bicyclic) bond motifs is 1. The Kier molecular flexibility index (Phi) is 3.03. The van der Waals surface area contributed by atoms with E-state index in [9.17, 15) is 4.79 Å². The van der Waals surface area contributed by atoms with Gasteiger partial charge in [0.15, 0.2) is 5.78 Å². The first-order chi connectivity index (χ1) is 9.19. The van der Waals surface area contributed by atoms with Crippen molar-refractivity contribution in [3.05, 3.63) is 29.5 Å². The monoisotopic (exact) mass is 260 g/mol. The van der Waals surface area contributed by atoms with E-state index in [-0.39, 0.29) is 11.9 Å². The Labute approximate surface area is 111 Å². The number of benzene rings is 1. The van der Waals surface area contributed by atoms with Gasteiger partial charge in [0.05, 0.1) is 12.2 Å². The summed E-state index contributed by atoms with van der Waals surface area (Å²) >= 11 is 0. The van der Waals surface area contributed by atoms with Crippen LogP contribution in [0.4, 0.5) is 0 Å². The number of Topliss-reactive ketones (excluding diaryl/α,β-unsaturated/α-hetero) is 1. The second-order valence-electron chi connectivity index (χ2n) is 4.74. The van der Waals surface area contributed by atoms with Gasteiger partial charge >= 0.3 is 0 Å². The van der Waals surface area contributed by atoms with E-state index < -0.39 is 0 Å². The average Bonchev–Trinajstić information content (AvgIpc) is 3.12. The maximum absolute atomic E-state index is 11.9. The quantitative estimate of drug-likeness (QED) is 0.612. The molecule has 0 amide bonds. The molecule has 19 heavy (non-hydrogen) atoms. The van der Waals surface area contributed by atoms with E-state index in [1.54, 1.807) is 13.0 Å². The van der Waals surface area contributed by atoms with Crippen LogP contribution in [0.25, 0.3) is 11.0 Å². The van der Waals surface area contributed by atoms with E-state index in [4.69, 9.17) is 13.9 Å². The second kappa shape index (κ2) is 4.70. The molecule has 1 saturated heterocycles. The minimum atomic E-state index is -0.0132. The molecule has 3 rings (SSSR count). The summed E-state index contributed by atoms with van der Waals surface area (Å²) in [6.07, 6.45) is 0.976. The van der Waals surface area contributed by atoms with E-state index in [1.165, 1.54) is 0 Å². The van der Waals surface area contributed by atoms with Gasteiger partial charge in [-0.2, -0.15) is 0 Å². The molecule has 0 bridgehead atoms. The van der Waals surface area contributed by atoms with Crippen LogP contribution in [0.1, 0.15) is 30.0 Å². The highest BCUT2D eigenvalue weighted by atomic mass is 16.6. The number of ketones is 1. The van der Waals surface area contributed by atoms with Crippen LogP contribution in [-0.2, 0) is 11.2 Å². The fourth-order valence-electron chi connectivity index (χ4n) is 2.15. The molecule has 1 aromatic heterocycles. The number of furan rings is 1. The van der Waals surface area contributed by atoms with Crippen LogP contribution in [0.5, 0.6) is 5.75 Å². The second-order valence-corrected chi connectivity index (χ2v) is 4.74. The Morgan fingerprint density at radius 1 is 1.47 bits per heavy atom. The normalized spacial score (nSPS) is 17.7. The third kappa shape index (κ3) is 2.36. The van der Waals surface area contributed by atoms with Gasteiger partial charge in [-0.05, 0) is 25.1 Å². The lowest BCUT2D eigenvalue weighted by molar-refractivity contribution is 0.101. The van der Waals surface area contributed by atoms with E-state index >= 15 is 0 Å². The van der Waals surface area contributed by atoms with Crippen molar-refractivity contribution in [3.8, 4) is 5.75 Å². The van der Waals surface area contributed by atoms with Gasteiger partial charge < -0.3 is 13.9 Å². The van der Waals surface area contributed by atoms with Gasteiger partial charge in [0.1, 0.15) is 29.8 Å². The fourth-order valence-corrected chi connectivity index (χ4v) is 2.15. The first kappa shape index (κ1) is 12.2. The summed E-state index contributed by atoms with van der Waals surface area (Å²) in [4.78, 5) is 11.9. The molecule has 1 atom stereocenters. The number of aryl methyl sites for hydroxylation is 1. The Hall–Kier alpha value is -1.81. The van der Waals surface area contributed by atoms with E-state index in [2.05, 4.69) is 0 Å². The number of carbonyl (C=O) groups is 1. The van der Waals surface area contributed by atoms with Crippen LogP contribution >= 0.6 is 0 Å². The van der Waals surface area contributed by atoms with E-state index in [0.717, 1.165) is 29.8 Å². The van der Waals surface area contributed by atoms with Gasteiger partial charge in [-0.25, -0.2) is 0 Å². The molecule has 0 spiro atoms. The van der Waals surface area contributed by atoms with Crippen molar-refractivity contribution in [1.82, 2.24) is 0 Å². The Balaban J connectivity index is 2.04. The summed E-state index contributed by atoms with van der Waals surface area (Å²) in [6.45, 7) is 4.80. The molecule has 4 nitrogen and oxygen atoms in total. The first-order valence-corrected chi connectivity index (χ1v) is 6.49. The predicted octanol–water partition coefficient (Wildman–Crippen LogP) is 2.98. The zero-order valence-corrected chi connectivity index (χ0v) is 11.1. The van der Waals surface area contributed by atoms with Crippen molar-refractivity contribution in [2.75, 3.05) is 13.2 Å². The lowest BCUT2D eigenvalue weighted by atomic mass is 10.1. The average molecular weight is 260 g/mol. The zero-order chi connectivity index (χ0) is 13.4. The molecule has 1 fully saturated rings. The van der Waals surface area contributed by atoms with Crippen LogP contribution in [0.15, 0.2) is 22.6 Å². The van der Waals surface area contributed by atoms with E-state index in [0.29, 0.717) is 17.9 Å². The number of hydrogen-bond acceptors (Lipinski definition) is 4. The molecule has 100 valence electrons. The van der Waals surface area contributed by atoms with Gasteiger partial charge in [-0.3, -0.25) is 4.79 Å². The molecular formula is C15H16O4. The third-order valence-electron chi connectivity index (χ3n) is 3.24. The van der Waals surface area contributed by atoms with E-state index in [1.807, 2.05) is 19.1 Å². The Morgan fingerprint density at radius 2 is 2.26 bits per heavy atom. The summed E-state index contributed by atoms with van der Waals surface area (Å²) in [6, 6.07) is 5.57. The van der Waals surface area contributed by atoms with Crippen LogP contribution < -0.4 is 4.74 Å². The van der Waals surface area contributed by atoms with Crippen molar-refractivity contribution in [1.29, 1.82) is 0 Å². The van der Waals surface area contributed by atoms with Crippen LogP contribution in [0.3, 0.4) is 0 Å². The largest absolute Gasteiger partial charge is 0.490 e. The van der Waals surface area contributed by atoms with Crippen molar-refractivity contribution in [2.24, 2.45) is 0 Å². The molecule has 1 aromatic carbocycles. The van der Waals surface area contributed by atoms with Gasteiger partial charge in [-0.1, -0.05) is 6.92 Å². The molecule has 0 aliphatic carbocycles. The Morgan fingerprint density at radius 3 is 2.89 bits per heavy atom. The Bertz CT molecular complexity index is 622. The highest BCUT2D eigenvalue weighted by Gasteiger charge is 2.24. The molecule has 1 unspecified atom stereocenters. The van der Waals surface area contributed by atoms with Gasteiger partial charge in [0.25, 0.3) is 0 Å². The summed E-state index contributed by atoms with van der Waals surface area (Å²) in [7, 11) is 0. The van der Waals surface area contributed by atoms with Gasteiger partial charge in [0, 0.05) is 11.8 Å². The molecule has 1 aliphatic heterocycles. The maximum atomic E-state index is 11.9. The fraction of sp³-hybridized carbons (Fsp3) is 0.400. The molecule has 0 N–H and O–H groups in total. The first-order valence-electron chi connectivity index (χ1n) is 6.49. The SMILES string of the molecule is CCc1cc2c(C(C)=O)c(OCC3CO3)ccc2o1. The standard InChI is InChI=1S/C15H16O4/c1-3-10-6-12-13(19-10)4-5-14(15(12)9(2)16)18-8-11-7-17-11/h4-6,11H,3,7-8H2,1-2H3. The number of rotatable bonds is 5. The number of epoxide rings is 1. The molecular weight excluding hydrogens is 244 g/mol. The number of carbonyl (C=O) groups excluding carboxylic acids is 1. The minimum Gasteiger partial charge on any atom is -0.490 e. The summed E-state index contributed by atoms with van der Waals surface area (Å²) < 4.78 is 16.5. The highest BCUT2D eigenvalue weighted by molar-refractivity contribution is 6.08. The zero-order valence-electron chi connectivity index (χ0n) is 11.1. The predicted molar refractivity (Wildman–Crippen MR) is 70.8 cm³/mol. The van der Waals surface area contributed by atoms with Crippen molar-refractivity contribution in [2.45, 2.75) is 26.4 Å². The topological polar surface area (TPSA) is 52.0 Å². The minimum absolute atomic E-state index is 0.0132. The molecule has 4 heteroatoms. The van der Waals surface area contributed by atoms with Gasteiger partial charge in [-0.15, -0.1) is 0 Å². The van der Waals surface area contributed by atoms with Crippen molar-refractivity contribution in [3.63, 3.8) is 0 Å². The number of ether oxygens (including phenoxy) is 2. The van der Waals surface area contributed by atoms with Crippen molar-refractivity contribution < 1.29 is 18.7 Å². The summed E-state index contributed by atoms with van der Waals surface area (Å²) in [5.41, 5.74) is 1.33.